The first-order valence-corrected chi connectivity index (χ1v) is 8.02. The third-order valence-corrected chi connectivity index (χ3v) is 4.87. The number of nitriles is 1. The Kier molecular flexibility index (Phi) is 3.92. The summed E-state index contributed by atoms with van der Waals surface area (Å²) >= 11 is 0. The summed E-state index contributed by atoms with van der Waals surface area (Å²) in [6.07, 6.45) is 8.19. The molecular weight excluding hydrogens is 260 g/mol. The first-order valence-electron chi connectivity index (χ1n) is 8.02. The van der Waals surface area contributed by atoms with E-state index in [0.29, 0.717) is 0 Å². The molecule has 4 nitrogen and oxygen atoms in total. The third kappa shape index (κ3) is 2.65. The summed E-state index contributed by atoms with van der Waals surface area (Å²) < 4.78 is 2.10. The van der Waals surface area contributed by atoms with Crippen molar-refractivity contribution in [1.29, 1.82) is 5.26 Å². The van der Waals surface area contributed by atoms with Gasteiger partial charge in [0.1, 0.15) is 5.82 Å². The molecule has 1 fully saturated rings. The minimum absolute atomic E-state index is 0.735. The molecule has 2 heterocycles. The zero-order valence-corrected chi connectivity index (χ0v) is 13.0. The largest absolute Gasteiger partial charge is 0.357 e. The zero-order chi connectivity index (χ0) is 14.8. The van der Waals surface area contributed by atoms with Crippen LogP contribution in [0.2, 0.25) is 0 Å². The third-order valence-electron chi connectivity index (χ3n) is 4.87. The van der Waals surface area contributed by atoms with Crippen LogP contribution in [0.4, 0.5) is 5.69 Å². The fourth-order valence-electron chi connectivity index (χ4n) is 3.60. The Morgan fingerprint density at radius 2 is 2.19 bits per heavy atom. The number of fused-ring (bicyclic) bond motifs is 1. The van der Waals surface area contributed by atoms with E-state index in [4.69, 9.17) is 0 Å². The highest BCUT2D eigenvalue weighted by Crippen LogP contribution is 2.32. The molecule has 0 amide bonds. The van der Waals surface area contributed by atoms with Crippen molar-refractivity contribution in [3.05, 3.63) is 29.4 Å². The number of allylic oxidation sites excluding steroid dienone is 1. The molecule has 3 rings (SSSR count). The smallest absolute Gasteiger partial charge is 0.120 e. The molecule has 0 spiro atoms. The van der Waals surface area contributed by atoms with Crippen LogP contribution in [0.15, 0.2) is 23.7 Å². The lowest BCUT2D eigenvalue weighted by Crippen LogP contribution is -2.34. The molecule has 112 valence electrons. The second kappa shape index (κ2) is 5.85. The van der Waals surface area contributed by atoms with Crippen LogP contribution in [0.3, 0.4) is 0 Å². The van der Waals surface area contributed by atoms with Gasteiger partial charge in [0.15, 0.2) is 0 Å². The molecule has 0 radical (unpaired) electrons. The lowest BCUT2D eigenvalue weighted by molar-refractivity contribution is 0.298. The normalized spacial score (nSPS) is 18.3. The highest BCUT2D eigenvalue weighted by atomic mass is 15.3. The van der Waals surface area contributed by atoms with Crippen molar-refractivity contribution in [3.63, 3.8) is 0 Å². The lowest BCUT2D eigenvalue weighted by Gasteiger charge is -2.32. The van der Waals surface area contributed by atoms with Gasteiger partial charge in [-0.2, -0.15) is 5.26 Å². The number of hydrogen-bond donors (Lipinski definition) is 1. The van der Waals surface area contributed by atoms with Crippen LogP contribution < -0.4 is 5.32 Å². The zero-order valence-electron chi connectivity index (χ0n) is 13.0. The molecule has 0 aromatic carbocycles. The molecule has 2 aliphatic rings. The SMILES string of the molecule is CCN(CC1CCCC1)C1=C(C#N)Cc2c(ccn2C)N1. The van der Waals surface area contributed by atoms with Crippen LogP contribution in [0.25, 0.3) is 0 Å². The fraction of sp³-hybridized carbons (Fsp3) is 0.588. The van der Waals surface area contributed by atoms with Gasteiger partial charge in [-0.3, -0.25) is 0 Å². The van der Waals surface area contributed by atoms with Gasteiger partial charge in [0.2, 0.25) is 0 Å². The highest BCUT2D eigenvalue weighted by Gasteiger charge is 2.25. The van der Waals surface area contributed by atoms with E-state index in [-0.39, 0.29) is 0 Å². The summed E-state index contributed by atoms with van der Waals surface area (Å²) in [6, 6.07) is 4.52. The maximum Gasteiger partial charge on any atom is 0.120 e. The van der Waals surface area contributed by atoms with Gasteiger partial charge in [0, 0.05) is 38.4 Å². The Hall–Kier alpha value is -1.89. The Morgan fingerprint density at radius 1 is 1.43 bits per heavy atom. The summed E-state index contributed by atoms with van der Waals surface area (Å²) in [7, 11) is 2.04. The van der Waals surface area contributed by atoms with E-state index in [9.17, 15) is 5.26 Å². The highest BCUT2D eigenvalue weighted by molar-refractivity contribution is 5.60. The average molecular weight is 284 g/mol. The van der Waals surface area contributed by atoms with Gasteiger partial charge in [0.05, 0.1) is 17.3 Å². The molecule has 4 heteroatoms. The molecule has 21 heavy (non-hydrogen) atoms. The number of rotatable bonds is 4. The molecule has 1 aliphatic carbocycles. The summed E-state index contributed by atoms with van der Waals surface area (Å²) in [4.78, 5) is 2.37. The maximum atomic E-state index is 9.54. The molecule has 1 aliphatic heterocycles. The Morgan fingerprint density at radius 3 is 2.86 bits per heavy atom. The molecule has 1 aromatic heterocycles. The molecule has 0 bridgehead atoms. The quantitative estimate of drug-likeness (QED) is 0.923. The van der Waals surface area contributed by atoms with E-state index >= 15 is 0 Å². The van der Waals surface area contributed by atoms with Crippen molar-refractivity contribution in [2.45, 2.75) is 39.0 Å². The van der Waals surface area contributed by atoms with E-state index in [1.165, 1.54) is 31.4 Å². The van der Waals surface area contributed by atoms with E-state index in [1.807, 2.05) is 7.05 Å². The maximum absolute atomic E-state index is 9.54. The fourth-order valence-corrected chi connectivity index (χ4v) is 3.60. The van der Waals surface area contributed by atoms with Crippen LogP contribution in [-0.4, -0.2) is 22.6 Å². The van der Waals surface area contributed by atoms with Gasteiger partial charge in [-0.25, -0.2) is 0 Å². The Balaban J connectivity index is 1.83. The van der Waals surface area contributed by atoms with Crippen molar-refractivity contribution in [1.82, 2.24) is 9.47 Å². The van der Waals surface area contributed by atoms with Crippen LogP contribution in [-0.2, 0) is 13.5 Å². The summed E-state index contributed by atoms with van der Waals surface area (Å²) in [5.74, 6) is 1.82. The number of hydrogen-bond acceptors (Lipinski definition) is 3. The number of aromatic nitrogens is 1. The first kappa shape index (κ1) is 14.1. The van der Waals surface area contributed by atoms with Gasteiger partial charge in [-0.1, -0.05) is 12.8 Å². The van der Waals surface area contributed by atoms with Crippen molar-refractivity contribution in [2.24, 2.45) is 13.0 Å². The molecule has 0 unspecified atom stereocenters. The average Bonchev–Trinajstić information content (AvgIpc) is 3.14. The molecular formula is C17H24N4. The Bertz CT molecular complexity index is 584. The van der Waals surface area contributed by atoms with E-state index in [1.54, 1.807) is 0 Å². The Labute approximate surface area is 127 Å². The van der Waals surface area contributed by atoms with Crippen LogP contribution in [0.1, 0.15) is 38.3 Å². The molecule has 1 aromatic rings. The molecule has 0 atom stereocenters. The van der Waals surface area contributed by atoms with Gasteiger partial charge in [-0.15, -0.1) is 0 Å². The summed E-state index contributed by atoms with van der Waals surface area (Å²) in [5, 5.41) is 13.0. The van der Waals surface area contributed by atoms with Gasteiger partial charge < -0.3 is 14.8 Å². The predicted molar refractivity (Wildman–Crippen MR) is 84.6 cm³/mol. The first-order chi connectivity index (χ1) is 10.2. The molecule has 0 saturated heterocycles. The number of nitrogens with one attached hydrogen (secondary N) is 1. The van der Waals surface area contributed by atoms with Crippen LogP contribution in [0.5, 0.6) is 0 Å². The number of nitrogens with zero attached hydrogens (tertiary/aromatic N) is 3. The topological polar surface area (TPSA) is 44.0 Å². The van der Waals surface area contributed by atoms with Crippen molar-refractivity contribution < 1.29 is 0 Å². The lowest BCUT2D eigenvalue weighted by atomic mass is 10.0. The predicted octanol–water partition coefficient (Wildman–Crippen LogP) is 3.24. The van der Waals surface area contributed by atoms with Crippen molar-refractivity contribution in [2.75, 3.05) is 18.4 Å². The van der Waals surface area contributed by atoms with Crippen molar-refractivity contribution >= 4 is 5.69 Å². The minimum atomic E-state index is 0.735. The standard InChI is InChI=1S/C17H24N4/c1-3-21(12-13-6-4-5-7-13)17-14(11-18)10-16-15(19-17)8-9-20(16)2/h8-9,13,19H,3-7,10,12H2,1-2H3. The number of anilines is 1. The van der Waals surface area contributed by atoms with Crippen molar-refractivity contribution in [3.8, 4) is 6.07 Å². The van der Waals surface area contributed by atoms with E-state index < -0.39 is 0 Å². The monoisotopic (exact) mass is 284 g/mol. The minimum Gasteiger partial charge on any atom is -0.357 e. The van der Waals surface area contributed by atoms with Gasteiger partial charge >= 0.3 is 0 Å². The van der Waals surface area contributed by atoms with Crippen LogP contribution >= 0.6 is 0 Å². The van der Waals surface area contributed by atoms with Gasteiger partial charge in [0.25, 0.3) is 0 Å². The van der Waals surface area contributed by atoms with E-state index in [0.717, 1.165) is 42.5 Å². The van der Waals surface area contributed by atoms with Crippen LogP contribution in [0, 0.1) is 17.2 Å². The molecule has 1 N–H and O–H groups in total. The molecule has 1 saturated carbocycles. The summed E-state index contributed by atoms with van der Waals surface area (Å²) in [5.41, 5.74) is 3.22. The summed E-state index contributed by atoms with van der Waals surface area (Å²) in [6.45, 7) is 4.21. The number of aryl methyl sites for hydroxylation is 1. The second-order valence-corrected chi connectivity index (χ2v) is 6.22. The van der Waals surface area contributed by atoms with E-state index in [2.05, 4.69) is 40.0 Å². The second-order valence-electron chi connectivity index (χ2n) is 6.22. The van der Waals surface area contributed by atoms with Gasteiger partial charge in [-0.05, 0) is 31.7 Å².